The van der Waals surface area contributed by atoms with Crippen molar-refractivity contribution in [3.63, 3.8) is 0 Å². The van der Waals surface area contributed by atoms with Crippen LogP contribution in [0.4, 0.5) is 0 Å². The van der Waals surface area contributed by atoms with Crippen molar-refractivity contribution in [1.82, 2.24) is 20.2 Å². The monoisotopic (exact) mass is 318 g/mol. The molecule has 3 rings (SSSR count). The van der Waals surface area contributed by atoms with Crippen LogP contribution in [0, 0.1) is 0 Å². The van der Waals surface area contributed by atoms with E-state index in [1.54, 1.807) is 6.07 Å². The van der Waals surface area contributed by atoms with E-state index in [1.165, 1.54) is 0 Å². The van der Waals surface area contributed by atoms with E-state index < -0.39 is 11.2 Å². The number of halogens is 1. The van der Waals surface area contributed by atoms with Crippen molar-refractivity contribution in [2.45, 2.75) is 0 Å². The molecule has 2 heterocycles. The zero-order valence-corrected chi connectivity index (χ0v) is 11.1. The molecule has 0 aliphatic carbocycles. The molecule has 0 saturated carbocycles. The van der Waals surface area contributed by atoms with Gasteiger partial charge in [-0.25, -0.2) is 4.79 Å². The van der Waals surface area contributed by atoms with Crippen LogP contribution in [0.2, 0.25) is 0 Å². The third-order valence-corrected chi connectivity index (χ3v) is 3.17. The zero-order valence-electron chi connectivity index (χ0n) is 9.48. The van der Waals surface area contributed by atoms with Crippen molar-refractivity contribution >= 4 is 27.0 Å². The summed E-state index contributed by atoms with van der Waals surface area (Å²) < 4.78 is 0.951. The van der Waals surface area contributed by atoms with E-state index in [2.05, 4.69) is 36.1 Å². The first-order chi connectivity index (χ1) is 9.13. The van der Waals surface area contributed by atoms with Gasteiger partial charge in [0.1, 0.15) is 0 Å². The second-order valence-corrected chi connectivity index (χ2v) is 4.82. The molecule has 0 fully saturated rings. The maximum absolute atomic E-state index is 11.7. The van der Waals surface area contributed by atoms with Crippen LogP contribution in [-0.4, -0.2) is 20.2 Å². The number of aromatic amines is 2. The smallest absolute Gasteiger partial charge is 0.290 e. The van der Waals surface area contributed by atoms with Crippen molar-refractivity contribution in [2.24, 2.45) is 0 Å². The summed E-state index contributed by atoms with van der Waals surface area (Å²) in [5, 5.41) is 8.16. The van der Waals surface area contributed by atoms with Crippen LogP contribution < -0.4 is 11.2 Å². The Morgan fingerprint density at radius 3 is 2.47 bits per heavy atom. The molecular formula is C12H7BrN4O2. The number of hydrogen-bond acceptors (Lipinski definition) is 4. The molecule has 19 heavy (non-hydrogen) atoms. The average Bonchev–Trinajstić information content (AvgIpc) is 2.39. The average molecular weight is 319 g/mol. The molecular weight excluding hydrogens is 312 g/mol. The summed E-state index contributed by atoms with van der Waals surface area (Å²) in [5.41, 5.74) is 0.505. The van der Waals surface area contributed by atoms with E-state index >= 15 is 0 Å². The molecule has 0 bridgehead atoms. The second kappa shape index (κ2) is 4.43. The van der Waals surface area contributed by atoms with E-state index in [4.69, 9.17) is 0 Å². The summed E-state index contributed by atoms with van der Waals surface area (Å²) in [6, 6.07) is 9.07. The number of H-pyrrole nitrogens is 2. The summed E-state index contributed by atoms with van der Waals surface area (Å²) in [6.45, 7) is 0. The number of fused-ring (bicyclic) bond motifs is 1. The predicted octanol–water partition coefficient (Wildman–Crippen LogP) is 1.44. The van der Waals surface area contributed by atoms with Gasteiger partial charge in [0.25, 0.3) is 5.56 Å². The highest BCUT2D eigenvalue weighted by molar-refractivity contribution is 9.10. The number of nitrogens with one attached hydrogen (secondary N) is 2. The molecule has 2 aromatic heterocycles. The van der Waals surface area contributed by atoms with Crippen molar-refractivity contribution in [1.29, 1.82) is 0 Å². The van der Waals surface area contributed by atoms with Gasteiger partial charge in [-0.05, 0) is 18.2 Å². The molecule has 3 aromatic rings. The molecule has 6 nitrogen and oxygen atoms in total. The second-order valence-electron chi connectivity index (χ2n) is 3.91. The lowest BCUT2D eigenvalue weighted by molar-refractivity contribution is 1.00. The molecule has 0 unspecified atom stereocenters. The van der Waals surface area contributed by atoms with Crippen molar-refractivity contribution < 1.29 is 0 Å². The fourth-order valence-corrected chi connectivity index (χ4v) is 1.99. The first-order valence-electron chi connectivity index (χ1n) is 5.39. The third kappa shape index (κ3) is 2.19. The van der Waals surface area contributed by atoms with Crippen LogP contribution in [0.25, 0.3) is 22.3 Å². The van der Waals surface area contributed by atoms with Gasteiger partial charge in [0.15, 0.2) is 5.65 Å². The molecule has 7 heteroatoms. The van der Waals surface area contributed by atoms with Crippen LogP contribution in [0.5, 0.6) is 0 Å². The summed E-state index contributed by atoms with van der Waals surface area (Å²) >= 11 is 3.35. The predicted molar refractivity (Wildman–Crippen MR) is 73.9 cm³/mol. The lowest BCUT2D eigenvalue weighted by atomic mass is 10.1. The van der Waals surface area contributed by atoms with Crippen molar-refractivity contribution in [3.05, 3.63) is 55.6 Å². The van der Waals surface area contributed by atoms with Gasteiger partial charge in [-0.15, -0.1) is 10.2 Å². The molecule has 2 N–H and O–H groups in total. The molecule has 1 aromatic carbocycles. The number of benzene rings is 1. The number of rotatable bonds is 1. The topological polar surface area (TPSA) is 91.5 Å². The van der Waals surface area contributed by atoms with Gasteiger partial charge in [-0.3, -0.25) is 14.8 Å². The molecule has 0 aliphatic heterocycles. The van der Waals surface area contributed by atoms with E-state index in [0.717, 1.165) is 10.0 Å². The standard InChI is InChI=1S/C12H7BrN4O2/c13-7-3-1-6(2-4-7)9-5-8-10(17-16-9)14-12(19)15-11(8)18/h1-5H,(H2,14,15,17,18,19). The van der Waals surface area contributed by atoms with E-state index in [-0.39, 0.29) is 5.65 Å². The molecule has 0 atom stereocenters. The SMILES string of the molecule is O=c1[nH]c(=O)c2cc(-c3ccc(Br)cc3)nnc2[nH]1. The van der Waals surface area contributed by atoms with Crippen LogP contribution in [0.15, 0.2) is 44.4 Å². The Labute approximate surface area is 114 Å². The Morgan fingerprint density at radius 1 is 1.00 bits per heavy atom. The van der Waals surface area contributed by atoms with Gasteiger partial charge >= 0.3 is 5.69 Å². The molecule has 0 saturated heterocycles. The van der Waals surface area contributed by atoms with Gasteiger partial charge in [-0.1, -0.05) is 28.1 Å². The maximum Gasteiger partial charge on any atom is 0.327 e. The van der Waals surface area contributed by atoms with Crippen LogP contribution >= 0.6 is 15.9 Å². The van der Waals surface area contributed by atoms with Gasteiger partial charge in [-0.2, -0.15) is 0 Å². The first kappa shape index (κ1) is 11.8. The third-order valence-electron chi connectivity index (χ3n) is 2.64. The summed E-state index contributed by atoms with van der Waals surface area (Å²) in [4.78, 5) is 27.4. The lowest BCUT2D eigenvalue weighted by Crippen LogP contribution is -2.22. The normalized spacial score (nSPS) is 10.8. The zero-order chi connectivity index (χ0) is 13.4. The van der Waals surface area contributed by atoms with Gasteiger partial charge in [0, 0.05) is 10.0 Å². The van der Waals surface area contributed by atoms with E-state index in [1.807, 2.05) is 24.3 Å². The fraction of sp³-hybridized carbons (Fsp3) is 0. The Hall–Kier alpha value is -2.28. The Bertz CT molecular complexity index is 867. The van der Waals surface area contributed by atoms with Gasteiger partial charge < -0.3 is 0 Å². The Balaban J connectivity index is 2.24. The number of nitrogens with zero attached hydrogens (tertiary/aromatic N) is 2. The minimum atomic E-state index is -0.594. The minimum absolute atomic E-state index is 0.176. The van der Waals surface area contributed by atoms with E-state index in [9.17, 15) is 9.59 Å². The summed E-state index contributed by atoms with van der Waals surface area (Å²) in [6.07, 6.45) is 0. The van der Waals surface area contributed by atoms with Gasteiger partial charge in [0.2, 0.25) is 0 Å². The number of aromatic nitrogens is 4. The lowest BCUT2D eigenvalue weighted by Gasteiger charge is -2.01. The summed E-state index contributed by atoms with van der Waals surface area (Å²) in [5.74, 6) is 0. The largest absolute Gasteiger partial charge is 0.327 e. The van der Waals surface area contributed by atoms with Crippen LogP contribution in [0.1, 0.15) is 0 Å². The van der Waals surface area contributed by atoms with Crippen LogP contribution in [-0.2, 0) is 0 Å². The minimum Gasteiger partial charge on any atom is -0.290 e. The number of hydrogen-bond donors (Lipinski definition) is 2. The molecule has 0 spiro atoms. The highest BCUT2D eigenvalue weighted by Gasteiger charge is 2.06. The maximum atomic E-state index is 11.7. The first-order valence-corrected chi connectivity index (χ1v) is 6.19. The Morgan fingerprint density at radius 2 is 1.74 bits per heavy atom. The highest BCUT2D eigenvalue weighted by atomic mass is 79.9. The van der Waals surface area contributed by atoms with Gasteiger partial charge in [0.05, 0.1) is 11.1 Å². The molecule has 0 radical (unpaired) electrons. The molecule has 0 amide bonds. The van der Waals surface area contributed by atoms with Crippen molar-refractivity contribution in [2.75, 3.05) is 0 Å². The Kier molecular flexibility index (Phi) is 2.75. The molecule has 94 valence electrons. The fourth-order valence-electron chi connectivity index (χ4n) is 1.73. The van der Waals surface area contributed by atoms with Crippen LogP contribution in [0.3, 0.4) is 0 Å². The van der Waals surface area contributed by atoms with E-state index in [0.29, 0.717) is 11.1 Å². The highest BCUT2D eigenvalue weighted by Crippen LogP contribution is 2.20. The quantitative estimate of drug-likeness (QED) is 0.710. The van der Waals surface area contributed by atoms with Crippen molar-refractivity contribution in [3.8, 4) is 11.3 Å². The summed E-state index contributed by atoms with van der Waals surface area (Å²) in [7, 11) is 0. The molecule has 0 aliphatic rings.